The minimum Gasteiger partial charge on any atom is -0.312 e. The average molecular weight is 454 g/mol. The van der Waals surface area contributed by atoms with E-state index >= 15 is 0 Å². The molecule has 0 saturated heterocycles. The van der Waals surface area contributed by atoms with Gasteiger partial charge in [-0.1, -0.05) is 18.2 Å². The highest BCUT2D eigenvalue weighted by Crippen LogP contribution is 2.39. The van der Waals surface area contributed by atoms with Crippen molar-refractivity contribution in [2.24, 2.45) is 5.92 Å². The van der Waals surface area contributed by atoms with Gasteiger partial charge in [-0.05, 0) is 68.0 Å². The van der Waals surface area contributed by atoms with Crippen molar-refractivity contribution < 1.29 is 18.0 Å². The molecule has 1 fully saturated rings. The lowest BCUT2D eigenvalue weighted by Crippen LogP contribution is -2.36. The Hall–Kier alpha value is -2.71. The van der Waals surface area contributed by atoms with Crippen LogP contribution < -0.4 is 14.5 Å². The van der Waals surface area contributed by atoms with Crippen molar-refractivity contribution in [3.8, 4) is 0 Å². The van der Waals surface area contributed by atoms with Crippen molar-refractivity contribution in [3.63, 3.8) is 0 Å². The fourth-order valence-electron chi connectivity index (χ4n) is 4.75. The number of rotatable bonds is 6. The van der Waals surface area contributed by atoms with Crippen molar-refractivity contribution in [1.29, 1.82) is 0 Å². The maximum absolute atomic E-state index is 12.8. The molecule has 2 heterocycles. The number of hydrogen-bond donors (Lipinski definition) is 1. The molecule has 5 rings (SSSR count). The molecule has 0 bridgehead atoms. The molecule has 0 radical (unpaired) electrons. The quantitative estimate of drug-likeness (QED) is 0.729. The number of carbonyl (C=O) groups excluding carboxylic acids is 2. The van der Waals surface area contributed by atoms with Crippen LogP contribution in [-0.2, 0) is 32.5 Å². The number of benzene rings is 2. The van der Waals surface area contributed by atoms with E-state index in [1.165, 1.54) is 0 Å². The van der Waals surface area contributed by atoms with Gasteiger partial charge in [0, 0.05) is 42.8 Å². The van der Waals surface area contributed by atoms with Crippen LogP contribution >= 0.6 is 0 Å². The first-order valence-electron chi connectivity index (χ1n) is 11.2. The second-order valence-electron chi connectivity index (χ2n) is 8.90. The SMILES string of the molecule is C[C@@H]1Cc2cc(S(=O)(=O)NCCC(=O)N3CCc4ccccc43)ccc2N1C(=O)C1CC1. The molecule has 32 heavy (non-hydrogen) atoms. The second kappa shape index (κ2) is 8.01. The largest absolute Gasteiger partial charge is 0.312 e. The maximum Gasteiger partial charge on any atom is 0.240 e. The molecule has 1 aliphatic carbocycles. The van der Waals surface area contributed by atoms with Gasteiger partial charge in [0.1, 0.15) is 0 Å². The first kappa shape index (κ1) is 21.2. The third-order valence-corrected chi connectivity index (χ3v) is 8.02. The van der Waals surface area contributed by atoms with E-state index in [1.807, 2.05) is 36.1 Å². The monoisotopic (exact) mass is 453 g/mol. The number of nitrogens with zero attached hydrogens (tertiary/aromatic N) is 2. The Morgan fingerprint density at radius 1 is 1.06 bits per heavy atom. The zero-order valence-corrected chi connectivity index (χ0v) is 18.9. The Bertz CT molecular complexity index is 1190. The molecule has 168 valence electrons. The van der Waals surface area contributed by atoms with Gasteiger partial charge in [-0.15, -0.1) is 0 Å². The smallest absolute Gasteiger partial charge is 0.240 e. The van der Waals surface area contributed by atoms with Crippen molar-refractivity contribution in [3.05, 3.63) is 53.6 Å². The number of anilines is 2. The third kappa shape index (κ3) is 3.82. The van der Waals surface area contributed by atoms with Crippen LogP contribution in [0.3, 0.4) is 0 Å². The summed E-state index contributed by atoms with van der Waals surface area (Å²) in [6.07, 6.45) is 3.44. The van der Waals surface area contributed by atoms with Gasteiger partial charge in [-0.25, -0.2) is 13.1 Å². The fourth-order valence-corrected chi connectivity index (χ4v) is 5.83. The molecule has 0 aromatic heterocycles. The fraction of sp³-hybridized carbons (Fsp3) is 0.417. The van der Waals surface area contributed by atoms with Crippen LogP contribution in [0.1, 0.15) is 37.3 Å². The predicted molar refractivity (Wildman–Crippen MR) is 122 cm³/mol. The number of fused-ring (bicyclic) bond motifs is 2. The van der Waals surface area contributed by atoms with E-state index in [0.29, 0.717) is 13.0 Å². The topological polar surface area (TPSA) is 86.8 Å². The van der Waals surface area contributed by atoms with Gasteiger partial charge in [0.15, 0.2) is 0 Å². The van der Waals surface area contributed by atoms with Gasteiger partial charge >= 0.3 is 0 Å². The Labute approximate surface area is 188 Å². The summed E-state index contributed by atoms with van der Waals surface area (Å²) in [7, 11) is -3.74. The summed E-state index contributed by atoms with van der Waals surface area (Å²) in [6.45, 7) is 2.67. The predicted octanol–water partition coefficient (Wildman–Crippen LogP) is 2.63. The lowest BCUT2D eigenvalue weighted by Gasteiger charge is -2.22. The van der Waals surface area contributed by atoms with E-state index in [9.17, 15) is 18.0 Å². The van der Waals surface area contributed by atoms with Crippen LogP contribution in [-0.4, -0.2) is 39.4 Å². The highest BCUT2D eigenvalue weighted by atomic mass is 32.2. The number of amides is 2. The Morgan fingerprint density at radius 2 is 1.84 bits per heavy atom. The Balaban J connectivity index is 1.23. The molecule has 1 N–H and O–H groups in total. The molecular weight excluding hydrogens is 426 g/mol. The highest BCUT2D eigenvalue weighted by molar-refractivity contribution is 7.89. The van der Waals surface area contributed by atoms with E-state index < -0.39 is 10.0 Å². The highest BCUT2D eigenvalue weighted by Gasteiger charge is 2.39. The molecule has 2 amide bonds. The molecule has 1 atom stereocenters. The van der Waals surface area contributed by atoms with Crippen molar-refractivity contribution in [2.75, 3.05) is 22.9 Å². The van der Waals surface area contributed by atoms with E-state index in [-0.39, 0.29) is 41.6 Å². The number of carbonyl (C=O) groups is 2. The summed E-state index contributed by atoms with van der Waals surface area (Å²) in [5.74, 6) is 0.176. The van der Waals surface area contributed by atoms with Gasteiger partial charge < -0.3 is 9.80 Å². The molecule has 3 aliphatic rings. The van der Waals surface area contributed by atoms with Gasteiger partial charge in [-0.2, -0.15) is 0 Å². The number of nitrogens with one attached hydrogen (secondary N) is 1. The van der Waals surface area contributed by atoms with E-state index in [0.717, 1.165) is 41.8 Å². The molecule has 8 heteroatoms. The van der Waals surface area contributed by atoms with Crippen LogP contribution in [0.5, 0.6) is 0 Å². The zero-order chi connectivity index (χ0) is 22.5. The van der Waals surface area contributed by atoms with Gasteiger partial charge in [0.2, 0.25) is 21.8 Å². The Kier molecular flexibility index (Phi) is 5.29. The van der Waals surface area contributed by atoms with Crippen LogP contribution in [0.2, 0.25) is 0 Å². The standard InChI is InChI=1S/C24H27N3O4S/c1-16-14-19-15-20(8-9-22(19)27(16)24(29)18-6-7-18)32(30,31)25-12-10-23(28)26-13-11-17-4-2-3-5-21(17)26/h2-5,8-9,15-16,18,25H,6-7,10-14H2,1H3/t16-/m1/s1. The van der Waals surface area contributed by atoms with Gasteiger partial charge in [0.25, 0.3) is 0 Å². The van der Waals surface area contributed by atoms with Crippen molar-refractivity contribution in [1.82, 2.24) is 4.72 Å². The van der Waals surface area contributed by atoms with Crippen LogP contribution in [0.4, 0.5) is 11.4 Å². The maximum atomic E-state index is 12.8. The molecule has 0 spiro atoms. The van der Waals surface area contributed by atoms with Gasteiger partial charge in [0.05, 0.1) is 4.90 Å². The van der Waals surface area contributed by atoms with E-state index in [1.54, 1.807) is 23.1 Å². The number of hydrogen-bond acceptors (Lipinski definition) is 4. The van der Waals surface area contributed by atoms with Gasteiger partial charge in [-0.3, -0.25) is 9.59 Å². The summed E-state index contributed by atoms with van der Waals surface area (Å²) in [6, 6.07) is 12.8. The molecule has 2 aliphatic heterocycles. The minimum absolute atomic E-state index is 0.0324. The summed E-state index contributed by atoms with van der Waals surface area (Å²) in [4.78, 5) is 29.0. The molecule has 1 saturated carbocycles. The summed E-state index contributed by atoms with van der Waals surface area (Å²) < 4.78 is 28.2. The lowest BCUT2D eigenvalue weighted by atomic mass is 10.1. The Morgan fingerprint density at radius 3 is 2.62 bits per heavy atom. The first-order chi connectivity index (χ1) is 15.3. The number of sulfonamides is 1. The summed E-state index contributed by atoms with van der Waals surface area (Å²) in [5.41, 5.74) is 3.75. The van der Waals surface area contributed by atoms with E-state index in [4.69, 9.17) is 0 Å². The molecule has 7 nitrogen and oxygen atoms in total. The van der Waals surface area contributed by atoms with Crippen molar-refractivity contribution in [2.45, 2.75) is 50.0 Å². The first-order valence-corrected chi connectivity index (χ1v) is 12.7. The molecule has 0 unspecified atom stereocenters. The lowest BCUT2D eigenvalue weighted by molar-refractivity contribution is -0.120. The molecule has 2 aromatic carbocycles. The average Bonchev–Trinajstić information content (AvgIpc) is 3.44. The van der Waals surface area contributed by atoms with E-state index in [2.05, 4.69) is 4.72 Å². The second-order valence-corrected chi connectivity index (χ2v) is 10.7. The summed E-state index contributed by atoms with van der Waals surface area (Å²) in [5, 5.41) is 0. The molecule has 2 aromatic rings. The minimum atomic E-state index is -3.74. The van der Waals surface area contributed by atoms with Crippen molar-refractivity contribution >= 4 is 33.2 Å². The van der Waals surface area contributed by atoms with Crippen LogP contribution in [0.25, 0.3) is 0 Å². The summed E-state index contributed by atoms with van der Waals surface area (Å²) >= 11 is 0. The van der Waals surface area contributed by atoms with Crippen LogP contribution in [0, 0.1) is 5.92 Å². The normalized spacial score (nSPS) is 19.7. The number of para-hydroxylation sites is 1. The molecular formula is C24H27N3O4S. The zero-order valence-electron chi connectivity index (χ0n) is 18.1. The van der Waals surface area contributed by atoms with Crippen LogP contribution in [0.15, 0.2) is 47.4 Å². The third-order valence-electron chi connectivity index (χ3n) is 6.56.